The van der Waals surface area contributed by atoms with Gasteiger partial charge in [-0.1, -0.05) is 24.3 Å². The maximum atomic E-state index is 12.3. The lowest BCUT2D eigenvalue weighted by Crippen LogP contribution is -2.38. The standard InChI is InChI=1S/C18H17N3O5/c19-16-6-5-14(21(24)25)9-15(16)18(23)26-11-17(22)20-8-7-12-3-1-2-4-13(12)10-20/h1-6,9H,7-8,10-11,19H2. The third-order valence-electron chi connectivity index (χ3n) is 4.28. The molecular weight excluding hydrogens is 338 g/mol. The van der Waals surface area contributed by atoms with Crippen molar-refractivity contribution < 1.29 is 19.2 Å². The Kier molecular flexibility index (Phi) is 4.83. The van der Waals surface area contributed by atoms with Gasteiger partial charge in [-0.15, -0.1) is 0 Å². The molecule has 0 fully saturated rings. The van der Waals surface area contributed by atoms with E-state index in [0.717, 1.165) is 18.1 Å². The van der Waals surface area contributed by atoms with Gasteiger partial charge in [-0.2, -0.15) is 0 Å². The molecule has 0 unspecified atom stereocenters. The van der Waals surface area contributed by atoms with Gasteiger partial charge in [0.15, 0.2) is 6.61 Å². The van der Waals surface area contributed by atoms with Crippen LogP contribution in [0.3, 0.4) is 0 Å². The summed E-state index contributed by atoms with van der Waals surface area (Å²) in [5.74, 6) is -1.19. The number of carbonyl (C=O) groups excluding carboxylic acids is 2. The van der Waals surface area contributed by atoms with E-state index in [1.165, 1.54) is 17.7 Å². The number of non-ortho nitro benzene ring substituents is 1. The Morgan fingerprint density at radius 3 is 2.65 bits per heavy atom. The zero-order chi connectivity index (χ0) is 18.7. The molecule has 2 aromatic rings. The number of nitrogen functional groups attached to an aromatic ring is 1. The number of carbonyl (C=O) groups is 2. The van der Waals surface area contributed by atoms with Gasteiger partial charge >= 0.3 is 5.97 Å². The molecule has 1 heterocycles. The molecule has 26 heavy (non-hydrogen) atoms. The Hall–Kier alpha value is -3.42. The highest BCUT2D eigenvalue weighted by atomic mass is 16.6. The van der Waals surface area contributed by atoms with Crippen molar-refractivity contribution in [3.05, 3.63) is 69.3 Å². The molecule has 0 aliphatic carbocycles. The lowest BCUT2D eigenvalue weighted by molar-refractivity contribution is -0.384. The van der Waals surface area contributed by atoms with Gasteiger partial charge in [0.1, 0.15) is 0 Å². The molecule has 1 amide bonds. The van der Waals surface area contributed by atoms with Gasteiger partial charge in [0.25, 0.3) is 11.6 Å². The van der Waals surface area contributed by atoms with Gasteiger partial charge in [0, 0.05) is 30.9 Å². The summed E-state index contributed by atoms with van der Waals surface area (Å²) in [6.45, 7) is 0.570. The molecule has 134 valence electrons. The first-order valence-corrected chi connectivity index (χ1v) is 8.01. The van der Waals surface area contributed by atoms with Gasteiger partial charge < -0.3 is 15.4 Å². The van der Waals surface area contributed by atoms with Crippen LogP contribution < -0.4 is 5.73 Å². The van der Waals surface area contributed by atoms with E-state index >= 15 is 0 Å². The van der Waals surface area contributed by atoms with Gasteiger partial charge in [0.05, 0.1) is 10.5 Å². The highest BCUT2D eigenvalue weighted by molar-refractivity contribution is 5.97. The molecule has 1 aliphatic rings. The average molecular weight is 355 g/mol. The maximum absolute atomic E-state index is 12.3. The molecule has 2 N–H and O–H groups in total. The number of nitrogens with two attached hydrogens (primary N) is 1. The lowest BCUT2D eigenvalue weighted by atomic mass is 10.00. The van der Waals surface area contributed by atoms with Crippen molar-refractivity contribution in [1.29, 1.82) is 0 Å². The number of rotatable bonds is 4. The Balaban J connectivity index is 1.62. The van der Waals surface area contributed by atoms with E-state index in [1.54, 1.807) is 4.90 Å². The van der Waals surface area contributed by atoms with E-state index in [0.29, 0.717) is 13.1 Å². The normalized spacial score (nSPS) is 13.0. The molecule has 0 spiro atoms. The first kappa shape index (κ1) is 17.4. The molecule has 0 atom stereocenters. The molecule has 8 nitrogen and oxygen atoms in total. The number of benzene rings is 2. The van der Waals surface area contributed by atoms with Crippen LogP contribution in [0.4, 0.5) is 11.4 Å². The number of hydrogen-bond donors (Lipinski definition) is 1. The third kappa shape index (κ3) is 3.64. The van der Waals surface area contributed by atoms with E-state index < -0.39 is 17.5 Å². The number of nitrogens with zero attached hydrogens (tertiary/aromatic N) is 2. The topological polar surface area (TPSA) is 116 Å². The molecule has 0 aromatic heterocycles. The Morgan fingerprint density at radius 1 is 1.19 bits per heavy atom. The maximum Gasteiger partial charge on any atom is 0.341 e. The second-order valence-corrected chi connectivity index (χ2v) is 5.94. The lowest BCUT2D eigenvalue weighted by Gasteiger charge is -2.28. The molecule has 0 saturated carbocycles. The van der Waals surface area contributed by atoms with E-state index in [1.807, 2.05) is 24.3 Å². The minimum atomic E-state index is -0.864. The van der Waals surface area contributed by atoms with Crippen LogP contribution in [-0.2, 0) is 22.5 Å². The van der Waals surface area contributed by atoms with Crippen LogP contribution in [0.5, 0.6) is 0 Å². The summed E-state index contributed by atoms with van der Waals surface area (Å²) in [4.78, 5) is 36.2. The number of fused-ring (bicyclic) bond motifs is 1. The van der Waals surface area contributed by atoms with Gasteiger partial charge in [-0.25, -0.2) is 4.79 Å². The van der Waals surface area contributed by atoms with Crippen molar-refractivity contribution >= 4 is 23.3 Å². The number of hydrogen-bond acceptors (Lipinski definition) is 6. The zero-order valence-electron chi connectivity index (χ0n) is 13.9. The first-order valence-electron chi connectivity index (χ1n) is 8.01. The SMILES string of the molecule is Nc1ccc([N+](=O)[O-])cc1C(=O)OCC(=O)N1CCc2ccccc2C1. The first-order chi connectivity index (χ1) is 12.5. The summed E-state index contributed by atoms with van der Waals surface area (Å²) in [5, 5.41) is 10.8. The summed E-state index contributed by atoms with van der Waals surface area (Å²) in [7, 11) is 0. The van der Waals surface area contributed by atoms with Gasteiger partial charge in [-0.05, 0) is 23.6 Å². The van der Waals surface area contributed by atoms with Crippen molar-refractivity contribution in [2.24, 2.45) is 0 Å². The van der Waals surface area contributed by atoms with E-state index in [2.05, 4.69) is 0 Å². The van der Waals surface area contributed by atoms with Crippen molar-refractivity contribution in [3.8, 4) is 0 Å². The largest absolute Gasteiger partial charge is 0.452 e. The smallest absolute Gasteiger partial charge is 0.341 e. The monoisotopic (exact) mass is 355 g/mol. The number of nitro groups is 1. The molecule has 0 bridgehead atoms. The predicted molar refractivity (Wildman–Crippen MR) is 93.4 cm³/mol. The zero-order valence-corrected chi connectivity index (χ0v) is 13.9. The molecule has 1 aliphatic heterocycles. The van der Waals surface area contributed by atoms with Crippen molar-refractivity contribution in [2.75, 3.05) is 18.9 Å². The number of amides is 1. The number of ether oxygens (including phenoxy) is 1. The fourth-order valence-corrected chi connectivity index (χ4v) is 2.84. The third-order valence-corrected chi connectivity index (χ3v) is 4.28. The number of nitro benzene ring substituents is 1. The van der Waals surface area contributed by atoms with Crippen molar-refractivity contribution in [1.82, 2.24) is 4.90 Å². The minimum absolute atomic E-state index is 0.0555. The molecule has 3 rings (SSSR count). The van der Waals surface area contributed by atoms with E-state index in [9.17, 15) is 19.7 Å². The van der Waals surface area contributed by atoms with Crippen molar-refractivity contribution in [3.63, 3.8) is 0 Å². The number of esters is 1. The Morgan fingerprint density at radius 2 is 1.92 bits per heavy atom. The molecule has 8 heteroatoms. The Bertz CT molecular complexity index is 881. The predicted octanol–water partition coefficient (Wildman–Crippen LogP) is 1.92. The quantitative estimate of drug-likeness (QED) is 0.388. The van der Waals surface area contributed by atoms with Crippen LogP contribution in [0.15, 0.2) is 42.5 Å². The number of anilines is 1. The van der Waals surface area contributed by atoms with E-state index in [-0.39, 0.29) is 22.8 Å². The highest BCUT2D eigenvalue weighted by Crippen LogP contribution is 2.21. The van der Waals surface area contributed by atoms with E-state index in [4.69, 9.17) is 10.5 Å². The fraction of sp³-hybridized carbons (Fsp3) is 0.222. The van der Waals surface area contributed by atoms with Crippen LogP contribution in [0.1, 0.15) is 21.5 Å². The van der Waals surface area contributed by atoms with Gasteiger partial charge in [0.2, 0.25) is 0 Å². The van der Waals surface area contributed by atoms with Crippen LogP contribution >= 0.6 is 0 Å². The van der Waals surface area contributed by atoms with Crippen LogP contribution in [0.25, 0.3) is 0 Å². The summed E-state index contributed by atoms with van der Waals surface area (Å²) < 4.78 is 5.01. The van der Waals surface area contributed by atoms with Crippen molar-refractivity contribution in [2.45, 2.75) is 13.0 Å². The molecular formula is C18H17N3O5. The summed E-state index contributed by atoms with van der Waals surface area (Å²) in [5.41, 5.74) is 7.60. The second-order valence-electron chi connectivity index (χ2n) is 5.94. The van der Waals surface area contributed by atoms with Crippen LogP contribution in [0, 0.1) is 10.1 Å². The summed E-state index contributed by atoms with van der Waals surface area (Å²) >= 11 is 0. The van der Waals surface area contributed by atoms with Crippen LogP contribution in [-0.4, -0.2) is 34.9 Å². The Labute approximate surface area is 149 Å². The second kappa shape index (κ2) is 7.22. The molecule has 2 aromatic carbocycles. The summed E-state index contributed by atoms with van der Waals surface area (Å²) in [6, 6.07) is 11.4. The fourth-order valence-electron chi connectivity index (χ4n) is 2.84. The van der Waals surface area contributed by atoms with Gasteiger partial charge in [-0.3, -0.25) is 14.9 Å². The van der Waals surface area contributed by atoms with Crippen LogP contribution in [0.2, 0.25) is 0 Å². The minimum Gasteiger partial charge on any atom is -0.452 e. The average Bonchev–Trinajstić information content (AvgIpc) is 2.65. The molecule has 0 radical (unpaired) electrons. The summed E-state index contributed by atoms with van der Waals surface area (Å²) in [6.07, 6.45) is 0.744. The highest BCUT2D eigenvalue weighted by Gasteiger charge is 2.23. The molecule has 0 saturated heterocycles.